The second kappa shape index (κ2) is 15.7. The van der Waals surface area contributed by atoms with E-state index in [4.69, 9.17) is 11.5 Å². The van der Waals surface area contributed by atoms with Crippen molar-refractivity contribution in [2.45, 2.75) is 62.7 Å². The number of amides is 5. The first-order valence-electron chi connectivity index (χ1n) is 16.3. The Hall–Kier alpha value is -5.07. The fourth-order valence-electron chi connectivity index (χ4n) is 6.33. The molecule has 2 heterocycles. The molecule has 3 aromatic rings. The van der Waals surface area contributed by atoms with Gasteiger partial charge in [0.1, 0.15) is 23.9 Å². The van der Waals surface area contributed by atoms with E-state index in [0.717, 1.165) is 21.6 Å². The Morgan fingerprint density at radius 2 is 1.56 bits per heavy atom. The van der Waals surface area contributed by atoms with Crippen LogP contribution in [-0.2, 0) is 36.8 Å². The summed E-state index contributed by atoms with van der Waals surface area (Å²) in [5, 5.41) is 15.1. The average molecular weight is 655 g/mol. The van der Waals surface area contributed by atoms with Crippen molar-refractivity contribution >= 4 is 29.5 Å². The number of benzene rings is 3. The number of phenols is 1. The van der Waals surface area contributed by atoms with Gasteiger partial charge >= 0.3 is 0 Å². The minimum absolute atomic E-state index is 0.0254. The number of aromatic hydroxyl groups is 1. The van der Waals surface area contributed by atoms with Gasteiger partial charge in [0.2, 0.25) is 29.5 Å². The molecule has 2 saturated heterocycles. The second-order valence-electron chi connectivity index (χ2n) is 12.3. The highest BCUT2D eigenvalue weighted by atomic mass is 16.3. The highest BCUT2D eigenvalue weighted by Gasteiger charge is 2.42. The predicted octanol–water partition coefficient (Wildman–Crippen LogP) is 1.24. The lowest BCUT2D eigenvalue weighted by Gasteiger charge is -2.35. The van der Waals surface area contributed by atoms with Crippen LogP contribution >= 0.6 is 0 Å². The SMILES string of the molecule is NCCC[C@@H]1C(=O)N[C@@H](Cc2ccc(-c3ccccc3)cc2)C(=O)N2CCC[C@@H]2C(=O)NCC(=O)N1C(=O)[C@@H](N)Cc1ccc(O)cc1. The Morgan fingerprint density at radius 3 is 2.25 bits per heavy atom. The molecule has 252 valence electrons. The van der Waals surface area contributed by atoms with E-state index in [9.17, 15) is 29.1 Å². The van der Waals surface area contributed by atoms with Crippen LogP contribution in [0.25, 0.3) is 11.1 Å². The number of fused-ring (bicyclic) bond motifs is 1. The number of rotatable bonds is 9. The molecule has 0 spiro atoms. The maximum Gasteiger partial charge on any atom is 0.249 e. The molecule has 0 unspecified atom stereocenters. The van der Waals surface area contributed by atoms with Crippen molar-refractivity contribution in [3.05, 3.63) is 90.0 Å². The minimum atomic E-state index is -1.33. The summed E-state index contributed by atoms with van der Waals surface area (Å²) < 4.78 is 0. The van der Waals surface area contributed by atoms with Crippen LogP contribution < -0.4 is 22.1 Å². The third-order valence-corrected chi connectivity index (χ3v) is 8.88. The molecule has 0 aliphatic carbocycles. The zero-order valence-electron chi connectivity index (χ0n) is 26.7. The van der Waals surface area contributed by atoms with Crippen LogP contribution in [0.5, 0.6) is 5.75 Å². The lowest BCUT2D eigenvalue weighted by Crippen LogP contribution is -2.63. The van der Waals surface area contributed by atoms with E-state index < -0.39 is 60.2 Å². The lowest BCUT2D eigenvalue weighted by molar-refractivity contribution is -0.154. The summed E-state index contributed by atoms with van der Waals surface area (Å²) in [6.07, 6.45) is 1.45. The van der Waals surface area contributed by atoms with E-state index in [1.807, 2.05) is 54.6 Å². The minimum Gasteiger partial charge on any atom is -0.508 e. The fourth-order valence-corrected chi connectivity index (χ4v) is 6.33. The van der Waals surface area contributed by atoms with Gasteiger partial charge in [-0.15, -0.1) is 0 Å². The van der Waals surface area contributed by atoms with Gasteiger partial charge in [0.15, 0.2) is 0 Å². The molecule has 3 aromatic carbocycles. The number of imide groups is 1. The molecule has 0 saturated carbocycles. The number of nitrogens with two attached hydrogens (primary N) is 2. The van der Waals surface area contributed by atoms with Crippen LogP contribution in [0.15, 0.2) is 78.9 Å². The number of hydrogen-bond donors (Lipinski definition) is 5. The summed E-state index contributed by atoms with van der Waals surface area (Å²) in [7, 11) is 0. The van der Waals surface area contributed by atoms with Gasteiger partial charge in [-0.1, -0.05) is 66.7 Å². The van der Waals surface area contributed by atoms with Gasteiger partial charge in [0.25, 0.3) is 0 Å². The number of carbonyl (C=O) groups excluding carboxylic acids is 5. The zero-order valence-corrected chi connectivity index (χ0v) is 26.7. The van der Waals surface area contributed by atoms with E-state index in [1.165, 1.54) is 17.0 Å². The lowest BCUT2D eigenvalue weighted by atomic mass is 9.98. The van der Waals surface area contributed by atoms with Crippen LogP contribution in [0.4, 0.5) is 0 Å². The number of nitrogens with one attached hydrogen (secondary N) is 2. The molecule has 0 aromatic heterocycles. The van der Waals surface area contributed by atoms with Crippen molar-refractivity contribution in [2.24, 2.45) is 11.5 Å². The molecule has 0 bridgehead atoms. The van der Waals surface area contributed by atoms with Crippen molar-refractivity contribution in [2.75, 3.05) is 19.6 Å². The first-order chi connectivity index (χ1) is 23.2. The topological polar surface area (TPSA) is 188 Å². The summed E-state index contributed by atoms with van der Waals surface area (Å²) in [6.45, 7) is -0.0436. The summed E-state index contributed by atoms with van der Waals surface area (Å²) in [4.78, 5) is 71.5. The molecule has 5 rings (SSSR count). The average Bonchev–Trinajstić information content (AvgIpc) is 3.59. The Bertz CT molecular complexity index is 1610. The van der Waals surface area contributed by atoms with Crippen LogP contribution in [0.3, 0.4) is 0 Å². The molecule has 12 nitrogen and oxygen atoms in total. The molecular weight excluding hydrogens is 612 g/mol. The molecule has 2 aliphatic heterocycles. The van der Waals surface area contributed by atoms with Gasteiger partial charge in [-0.2, -0.15) is 0 Å². The van der Waals surface area contributed by atoms with Crippen LogP contribution in [0.1, 0.15) is 36.8 Å². The Labute approximate surface area is 279 Å². The van der Waals surface area contributed by atoms with E-state index in [0.29, 0.717) is 31.4 Å². The van der Waals surface area contributed by atoms with Crippen LogP contribution in [0.2, 0.25) is 0 Å². The molecular formula is C36H42N6O6. The summed E-state index contributed by atoms with van der Waals surface area (Å²) >= 11 is 0. The van der Waals surface area contributed by atoms with Gasteiger partial charge in [0.05, 0.1) is 12.6 Å². The summed E-state index contributed by atoms with van der Waals surface area (Å²) in [5.74, 6) is -3.17. The van der Waals surface area contributed by atoms with Gasteiger partial charge < -0.3 is 32.1 Å². The number of phenolic OH excluding ortho intramolecular Hbond substituents is 1. The maximum atomic E-state index is 14.1. The van der Waals surface area contributed by atoms with E-state index in [-0.39, 0.29) is 31.6 Å². The quantitative estimate of drug-likeness (QED) is 0.228. The normalized spacial score (nSPS) is 21.1. The molecule has 5 amide bonds. The monoisotopic (exact) mass is 654 g/mol. The third kappa shape index (κ3) is 8.07. The van der Waals surface area contributed by atoms with E-state index >= 15 is 0 Å². The number of hydrogen-bond acceptors (Lipinski definition) is 8. The van der Waals surface area contributed by atoms with Gasteiger partial charge in [-0.3, -0.25) is 28.9 Å². The van der Waals surface area contributed by atoms with Crippen LogP contribution in [-0.4, -0.2) is 88.2 Å². The standard InChI is InChI=1S/C36H42N6O6/c37-18-4-8-31-34(46)40-29(21-24-10-14-26(15-11-24)25-6-2-1-3-7-25)36(48)41-19-5-9-30(41)33(45)39-22-32(44)42(31)35(47)28(38)20-23-12-16-27(43)17-13-23/h1-3,6-7,10-17,28-31,43H,4-5,8-9,18-22,37-38H2,(H,39,45)(H,40,46)/t28-,29-,30+,31+/m0/s1. The maximum absolute atomic E-state index is 14.1. The fraction of sp³-hybridized carbons (Fsp3) is 0.361. The molecule has 2 aliphatic rings. The molecule has 2 fully saturated rings. The van der Waals surface area contributed by atoms with E-state index in [1.54, 1.807) is 12.1 Å². The molecule has 48 heavy (non-hydrogen) atoms. The van der Waals surface area contributed by atoms with Gasteiger partial charge in [-0.05, 0) is 73.0 Å². The smallest absolute Gasteiger partial charge is 0.249 e. The summed E-state index contributed by atoms with van der Waals surface area (Å²) in [5.41, 5.74) is 15.6. The molecule has 4 atom stereocenters. The molecule has 0 radical (unpaired) electrons. The highest BCUT2D eigenvalue weighted by Crippen LogP contribution is 2.23. The number of carbonyl (C=O) groups is 5. The summed E-state index contributed by atoms with van der Waals surface area (Å²) in [6, 6.07) is 19.2. The first kappa shape index (κ1) is 34.3. The van der Waals surface area contributed by atoms with Crippen molar-refractivity contribution in [1.29, 1.82) is 0 Å². The second-order valence-corrected chi connectivity index (χ2v) is 12.3. The van der Waals surface area contributed by atoms with Gasteiger partial charge in [0, 0.05) is 13.0 Å². The van der Waals surface area contributed by atoms with Crippen LogP contribution in [0, 0.1) is 0 Å². The predicted molar refractivity (Wildman–Crippen MR) is 179 cm³/mol. The largest absolute Gasteiger partial charge is 0.508 e. The van der Waals surface area contributed by atoms with Gasteiger partial charge in [-0.25, -0.2) is 0 Å². The Kier molecular flexibility index (Phi) is 11.2. The third-order valence-electron chi connectivity index (χ3n) is 8.88. The Balaban J connectivity index is 1.46. The van der Waals surface area contributed by atoms with E-state index in [2.05, 4.69) is 10.6 Å². The number of nitrogens with zero attached hydrogens (tertiary/aromatic N) is 2. The molecule has 7 N–H and O–H groups in total. The first-order valence-corrected chi connectivity index (χ1v) is 16.3. The molecule has 12 heteroatoms. The zero-order chi connectivity index (χ0) is 34.2. The Morgan fingerprint density at radius 1 is 0.896 bits per heavy atom. The van der Waals surface area contributed by atoms with Crippen molar-refractivity contribution in [1.82, 2.24) is 20.4 Å². The highest BCUT2D eigenvalue weighted by molar-refractivity contribution is 6.05. The van der Waals surface area contributed by atoms with Crippen molar-refractivity contribution < 1.29 is 29.1 Å². The van der Waals surface area contributed by atoms with Crippen molar-refractivity contribution in [3.63, 3.8) is 0 Å². The van der Waals surface area contributed by atoms with Crippen molar-refractivity contribution in [3.8, 4) is 16.9 Å².